The third kappa shape index (κ3) is 15.5. The highest BCUT2D eigenvalue weighted by molar-refractivity contribution is 5.89. The number of hydrazine groups is 1. The maximum absolute atomic E-state index is 14.0. The van der Waals surface area contributed by atoms with Crippen LogP contribution in [-0.2, 0) is 39.9 Å². The number of allylic oxidation sites excluding steroid dienone is 5. The molecule has 13 nitrogen and oxygen atoms in total. The second-order valence-corrected chi connectivity index (χ2v) is 15.2. The molecule has 13 heteroatoms. The number of phenols is 1. The molecule has 8 atom stereocenters. The molecule has 0 aliphatic carbocycles. The molecular weight excluding hydrogens is 716 g/mol. The number of cyclic esters (lactones) is 1. The van der Waals surface area contributed by atoms with Crippen LogP contribution in [0.1, 0.15) is 85.6 Å². The predicted molar refractivity (Wildman–Crippen MR) is 214 cm³/mol. The molecule has 2 heterocycles. The summed E-state index contributed by atoms with van der Waals surface area (Å²) in [6, 6.07) is 4.65. The molecule has 2 aliphatic rings. The molecule has 1 aromatic rings. The van der Waals surface area contributed by atoms with Crippen LogP contribution in [-0.4, -0.2) is 94.8 Å². The molecule has 308 valence electrons. The van der Waals surface area contributed by atoms with Gasteiger partial charge in [0.15, 0.2) is 0 Å². The van der Waals surface area contributed by atoms with E-state index in [1.165, 1.54) is 13.0 Å². The first kappa shape index (κ1) is 45.8. The van der Waals surface area contributed by atoms with Crippen LogP contribution >= 0.6 is 0 Å². The molecule has 1 aromatic carbocycles. The van der Waals surface area contributed by atoms with Gasteiger partial charge in [0.25, 0.3) is 0 Å². The number of nitrogens with one attached hydrogen (secondary N) is 3. The van der Waals surface area contributed by atoms with Crippen LogP contribution in [0.5, 0.6) is 5.75 Å². The van der Waals surface area contributed by atoms with E-state index in [2.05, 4.69) is 16.1 Å². The van der Waals surface area contributed by atoms with E-state index in [4.69, 9.17) is 9.47 Å². The number of carbonyl (C=O) groups excluding carboxylic acids is 5. The molecule has 0 spiro atoms. The molecule has 1 saturated heterocycles. The minimum Gasteiger partial charge on any atom is -0.508 e. The Balaban J connectivity index is 2.00. The molecule has 0 radical (unpaired) electrons. The zero-order valence-electron chi connectivity index (χ0n) is 33.7. The van der Waals surface area contributed by atoms with Crippen LogP contribution in [0.2, 0.25) is 0 Å². The van der Waals surface area contributed by atoms with Gasteiger partial charge in [-0.05, 0) is 88.0 Å². The average molecular weight is 779 g/mol. The fraction of sp³-hybridized carbons (Fsp3) is 0.558. The van der Waals surface area contributed by atoms with E-state index >= 15 is 0 Å². The van der Waals surface area contributed by atoms with Crippen molar-refractivity contribution in [2.24, 2.45) is 17.8 Å². The monoisotopic (exact) mass is 778 g/mol. The zero-order chi connectivity index (χ0) is 41.2. The molecule has 1 fully saturated rings. The van der Waals surface area contributed by atoms with Crippen molar-refractivity contribution in [3.8, 4) is 5.75 Å². The summed E-state index contributed by atoms with van der Waals surface area (Å²) in [6.45, 7) is 11.6. The Bertz CT molecular complexity index is 1600. The van der Waals surface area contributed by atoms with E-state index in [-0.39, 0.29) is 49.4 Å². The van der Waals surface area contributed by atoms with Crippen molar-refractivity contribution in [2.75, 3.05) is 19.7 Å². The van der Waals surface area contributed by atoms with Crippen LogP contribution in [0.25, 0.3) is 0 Å². The molecule has 2 bridgehead atoms. The number of esters is 2. The van der Waals surface area contributed by atoms with Crippen molar-refractivity contribution in [3.05, 3.63) is 77.9 Å². The number of Topliss-reactive ketones (excluding diaryl/α,β-unsaturated/α-hetero) is 1. The SMILES string of the molecule is CCOC(=O)/C=C/C=C(\C)[C@@H]1C/C=C/C=C/C[C@H](C)[C@@H](O)[C@@H](CCC(C)=O)C(=O)N[C@@H](C(C)C)C(=O)N[C@@H](Cc2cccc(O)c2)CN2CCCC(N2)C(=O)O1. The smallest absolute Gasteiger partial charge is 0.330 e. The lowest BCUT2D eigenvalue weighted by Gasteiger charge is -2.36. The Morgan fingerprint density at radius 2 is 1.80 bits per heavy atom. The largest absolute Gasteiger partial charge is 0.508 e. The van der Waals surface area contributed by atoms with Gasteiger partial charge in [0.1, 0.15) is 29.7 Å². The van der Waals surface area contributed by atoms with Crippen LogP contribution in [0.4, 0.5) is 0 Å². The first-order valence-electron chi connectivity index (χ1n) is 19.8. The van der Waals surface area contributed by atoms with Gasteiger partial charge in [-0.2, -0.15) is 0 Å². The van der Waals surface area contributed by atoms with Crippen LogP contribution in [0.3, 0.4) is 0 Å². The first-order chi connectivity index (χ1) is 26.7. The van der Waals surface area contributed by atoms with Crippen molar-refractivity contribution >= 4 is 29.5 Å². The fourth-order valence-corrected chi connectivity index (χ4v) is 6.76. The zero-order valence-corrected chi connectivity index (χ0v) is 33.7. The third-order valence-corrected chi connectivity index (χ3v) is 10.00. The molecule has 0 saturated carbocycles. The van der Waals surface area contributed by atoms with Crippen LogP contribution in [0, 0.1) is 17.8 Å². The van der Waals surface area contributed by atoms with E-state index in [1.54, 1.807) is 37.3 Å². The predicted octanol–water partition coefficient (Wildman–Crippen LogP) is 4.40. The van der Waals surface area contributed by atoms with E-state index < -0.39 is 60.0 Å². The molecule has 56 heavy (non-hydrogen) atoms. The lowest BCUT2D eigenvalue weighted by atomic mass is 9.85. The molecule has 0 aromatic heterocycles. The minimum atomic E-state index is -1.09. The van der Waals surface area contributed by atoms with Gasteiger partial charge >= 0.3 is 11.9 Å². The summed E-state index contributed by atoms with van der Waals surface area (Å²) in [4.78, 5) is 65.5. The Morgan fingerprint density at radius 1 is 1.07 bits per heavy atom. The summed E-state index contributed by atoms with van der Waals surface area (Å²) >= 11 is 0. The lowest BCUT2D eigenvalue weighted by molar-refractivity contribution is -0.153. The Hall–Kier alpha value is -4.59. The summed E-state index contributed by atoms with van der Waals surface area (Å²) in [6.07, 6.45) is 12.8. The van der Waals surface area contributed by atoms with Crippen molar-refractivity contribution in [2.45, 2.75) is 117 Å². The number of ketones is 1. The van der Waals surface area contributed by atoms with Crippen molar-refractivity contribution in [3.63, 3.8) is 0 Å². The number of aliphatic hydroxyl groups excluding tert-OH is 1. The first-order valence-corrected chi connectivity index (χ1v) is 19.8. The van der Waals surface area contributed by atoms with Gasteiger partial charge in [0, 0.05) is 38.0 Å². The summed E-state index contributed by atoms with van der Waals surface area (Å²) in [7, 11) is 0. The Morgan fingerprint density at radius 3 is 2.48 bits per heavy atom. The van der Waals surface area contributed by atoms with Crippen molar-refractivity contribution in [1.82, 2.24) is 21.1 Å². The topological polar surface area (TPSA) is 184 Å². The number of carbonyl (C=O) groups is 5. The Kier molecular flexibility index (Phi) is 19.2. The van der Waals surface area contributed by atoms with Gasteiger partial charge in [-0.3, -0.25) is 14.4 Å². The van der Waals surface area contributed by atoms with Crippen molar-refractivity contribution in [1.29, 1.82) is 0 Å². The van der Waals surface area contributed by atoms with Crippen molar-refractivity contribution < 1.29 is 43.7 Å². The van der Waals surface area contributed by atoms with Gasteiger partial charge in [-0.1, -0.05) is 69.4 Å². The van der Waals surface area contributed by atoms with E-state index in [9.17, 15) is 34.2 Å². The van der Waals surface area contributed by atoms with Gasteiger partial charge in [-0.15, -0.1) is 0 Å². The molecule has 5 N–H and O–H groups in total. The van der Waals surface area contributed by atoms with Crippen LogP contribution < -0.4 is 16.1 Å². The molecule has 2 aliphatic heterocycles. The normalized spacial score (nSPS) is 28.9. The second kappa shape index (κ2) is 23.5. The maximum Gasteiger partial charge on any atom is 0.330 e. The number of amides is 2. The highest BCUT2D eigenvalue weighted by Crippen LogP contribution is 2.24. The number of nitrogens with zero attached hydrogens (tertiary/aromatic N) is 1. The highest BCUT2D eigenvalue weighted by Gasteiger charge is 2.35. The van der Waals surface area contributed by atoms with E-state index in [0.717, 1.165) is 11.1 Å². The number of hydrogen-bond donors (Lipinski definition) is 5. The average Bonchev–Trinajstić information content (AvgIpc) is 3.14. The van der Waals surface area contributed by atoms with Gasteiger partial charge in [-0.25, -0.2) is 15.2 Å². The number of phenolic OH excluding ortho intramolecular Hbond substituents is 1. The van der Waals surface area contributed by atoms with Gasteiger partial charge in [0.05, 0.1) is 18.6 Å². The molecular formula is C43H62N4O9. The number of rotatable bonds is 10. The number of aliphatic hydroxyl groups is 1. The molecule has 2 unspecified atom stereocenters. The summed E-state index contributed by atoms with van der Waals surface area (Å²) in [5.41, 5.74) is 4.80. The minimum absolute atomic E-state index is 0.0865. The molecule has 3 rings (SSSR count). The number of fused-ring (bicyclic) bond motifs is 2. The second-order valence-electron chi connectivity index (χ2n) is 15.2. The van der Waals surface area contributed by atoms with E-state index in [1.807, 2.05) is 63.1 Å². The quantitative estimate of drug-likeness (QED) is 0.129. The van der Waals surface area contributed by atoms with E-state index in [0.29, 0.717) is 38.6 Å². The summed E-state index contributed by atoms with van der Waals surface area (Å²) in [5.74, 6) is -3.45. The van der Waals surface area contributed by atoms with Crippen LogP contribution in [0.15, 0.2) is 72.4 Å². The summed E-state index contributed by atoms with van der Waals surface area (Å²) in [5, 5.41) is 29.5. The number of hydrogen-bond acceptors (Lipinski definition) is 11. The summed E-state index contributed by atoms with van der Waals surface area (Å²) < 4.78 is 11.1. The standard InChI is InChI=1S/C43H62N4O9/c1-7-55-38(50)21-12-16-29(4)37-20-11-9-8-10-15-30(5)40(51)35(23-22-31(6)48)41(52)45-39(28(2)3)42(53)44-33(25-32-17-13-18-34(49)26-32)27-47-24-14-19-36(46-47)43(54)56-37/h8-13,16-18,21,26,28,30,33,35-37,39-40,46,49,51H,7,14-15,19-20,22-25,27H2,1-6H3,(H,44,53)(H,45,52)/b10-8+,11-9+,21-12+,29-16+/t30-,33-,35+,36?,37-,39-,40+/m0/s1. The third-order valence-electron chi connectivity index (χ3n) is 10.00. The van der Waals surface area contributed by atoms with Gasteiger partial charge in [0.2, 0.25) is 11.8 Å². The number of aromatic hydroxyl groups is 1. The highest BCUT2D eigenvalue weighted by atomic mass is 16.5. The van der Waals surface area contributed by atoms with Gasteiger partial charge < -0.3 is 35.1 Å². The lowest BCUT2D eigenvalue weighted by Crippen LogP contribution is -2.59. The molecule has 2 amide bonds. The number of benzene rings is 1. The Labute approximate surface area is 331 Å². The fourth-order valence-electron chi connectivity index (χ4n) is 6.76. The maximum atomic E-state index is 14.0. The number of ether oxygens (including phenoxy) is 2.